The van der Waals surface area contributed by atoms with Gasteiger partial charge in [0.1, 0.15) is 6.61 Å². The number of carbonyl (C=O) groups excluding carboxylic acids is 1. The predicted molar refractivity (Wildman–Crippen MR) is 135 cm³/mol. The van der Waals surface area contributed by atoms with Gasteiger partial charge in [-0.3, -0.25) is 4.79 Å². The van der Waals surface area contributed by atoms with Gasteiger partial charge in [-0.05, 0) is 77.5 Å². The molecule has 0 spiro atoms. The molecule has 0 radical (unpaired) electrons. The number of benzene rings is 2. The molecule has 3 atom stereocenters. The molecule has 1 amide bonds. The van der Waals surface area contributed by atoms with Gasteiger partial charge < -0.3 is 9.47 Å². The molecule has 2 aliphatic rings. The van der Waals surface area contributed by atoms with Crippen LogP contribution >= 0.6 is 34.2 Å². The summed E-state index contributed by atoms with van der Waals surface area (Å²) in [5, 5.41) is 4.90. The number of hydrogen-bond acceptors (Lipinski definition) is 4. The Morgan fingerprint density at radius 1 is 1.31 bits per heavy atom. The zero-order chi connectivity index (χ0) is 22.7. The Morgan fingerprint density at radius 2 is 2.12 bits per heavy atom. The minimum Gasteiger partial charge on any atom is -0.490 e. The smallest absolute Gasteiger partial charge is 0.244 e. The minimum atomic E-state index is 0.0371. The molecule has 0 aliphatic heterocycles. The summed E-state index contributed by atoms with van der Waals surface area (Å²) in [7, 11) is 0. The number of hydrazone groups is 1. The summed E-state index contributed by atoms with van der Waals surface area (Å²) in [6, 6.07) is 11.4. The van der Waals surface area contributed by atoms with Crippen LogP contribution in [0.2, 0.25) is 5.02 Å². The second-order valence-corrected chi connectivity index (χ2v) is 10.3. The third-order valence-corrected chi connectivity index (χ3v) is 7.83. The lowest BCUT2D eigenvalue weighted by Gasteiger charge is -2.15. The summed E-state index contributed by atoms with van der Waals surface area (Å²) in [6.07, 6.45) is 6.42. The number of rotatable bonds is 8. The Kier molecular flexibility index (Phi) is 7.30. The summed E-state index contributed by atoms with van der Waals surface area (Å²) >= 11 is 8.47. The van der Waals surface area contributed by atoms with Gasteiger partial charge in [-0.1, -0.05) is 49.6 Å². The fraction of sp³-hybridized carbons (Fsp3) is 0.440. The summed E-state index contributed by atoms with van der Waals surface area (Å²) in [6.45, 7) is 5.03. The Balaban J connectivity index is 1.43. The summed E-state index contributed by atoms with van der Waals surface area (Å²) < 4.78 is 12.8. The topological polar surface area (TPSA) is 59.9 Å². The molecule has 0 saturated heterocycles. The van der Waals surface area contributed by atoms with Crippen molar-refractivity contribution < 1.29 is 14.3 Å². The van der Waals surface area contributed by atoms with Crippen LogP contribution in [-0.4, -0.2) is 18.7 Å². The van der Waals surface area contributed by atoms with Gasteiger partial charge in [0, 0.05) is 16.5 Å². The molecule has 2 saturated carbocycles. The van der Waals surface area contributed by atoms with Crippen LogP contribution in [0.15, 0.2) is 41.5 Å². The first-order valence-corrected chi connectivity index (χ1v) is 12.5. The van der Waals surface area contributed by atoms with Crippen LogP contribution in [0.25, 0.3) is 0 Å². The van der Waals surface area contributed by atoms with Crippen LogP contribution in [0.5, 0.6) is 11.5 Å². The maximum absolute atomic E-state index is 12.6. The molecule has 5 nitrogen and oxygen atoms in total. The average Bonchev–Trinajstić information content (AvgIpc) is 3.40. The quantitative estimate of drug-likeness (QED) is 0.235. The summed E-state index contributed by atoms with van der Waals surface area (Å²) in [5.41, 5.74) is 4.68. The fourth-order valence-electron chi connectivity index (χ4n) is 4.92. The van der Waals surface area contributed by atoms with Gasteiger partial charge in [0.25, 0.3) is 0 Å². The Labute approximate surface area is 208 Å². The van der Waals surface area contributed by atoms with E-state index in [4.69, 9.17) is 21.1 Å². The molecule has 7 heteroatoms. The van der Waals surface area contributed by atoms with Crippen molar-refractivity contribution in [3.63, 3.8) is 0 Å². The first-order chi connectivity index (χ1) is 15.4. The molecule has 2 aromatic rings. The van der Waals surface area contributed by atoms with Gasteiger partial charge in [-0.2, -0.15) is 5.10 Å². The van der Waals surface area contributed by atoms with Gasteiger partial charge in [-0.15, -0.1) is 0 Å². The van der Waals surface area contributed by atoms with Crippen molar-refractivity contribution in [2.75, 3.05) is 6.61 Å². The predicted octanol–water partition coefficient (Wildman–Crippen LogP) is 6.20. The third-order valence-electron chi connectivity index (χ3n) is 6.66. The van der Waals surface area contributed by atoms with Crippen molar-refractivity contribution in [3.8, 4) is 11.5 Å². The second-order valence-electron chi connectivity index (χ2n) is 8.71. The standard InChI is InChI=1S/C25H28ClIN2O3/c1-3-31-21-13-16(12-20(27)23(21)32-15-17-8-4-5-10-19(17)26)14-28-29-24(30)22-18-9-6-7-11-25(18,22)2/h4-5,8,10,12-14,18,22H,3,6-7,9,11,15H2,1-2H3,(H,29,30)/b28-14-/t18-,22+,25-/m1/s1. The van der Waals surface area contributed by atoms with E-state index in [-0.39, 0.29) is 17.2 Å². The van der Waals surface area contributed by atoms with Crippen LogP contribution in [0.3, 0.4) is 0 Å². The van der Waals surface area contributed by atoms with Gasteiger partial charge in [0.15, 0.2) is 11.5 Å². The Bertz CT molecular complexity index is 1030. The van der Waals surface area contributed by atoms with Crippen molar-refractivity contribution in [3.05, 3.63) is 56.1 Å². The van der Waals surface area contributed by atoms with E-state index in [0.29, 0.717) is 35.7 Å². The molecular formula is C25H28ClIN2O3. The SMILES string of the molecule is CCOc1cc(/C=N\NC(=O)[C@@H]2[C@H]3CCCC[C@]32C)cc(I)c1OCc1ccccc1Cl. The number of carbonyl (C=O) groups is 1. The van der Waals surface area contributed by atoms with E-state index in [1.54, 1.807) is 6.21 Å². The maximum Gasteiger partial charge on any atom is 0.244 e. The number of fused-ring (bicyclic) bond motifs is 1. The molecule has 2 aromatic carbocycles. The lowest BCUT2D eigenvalue weighted by Crippen LogP contribution is -2.22. The van der Waals surface area contributed by atoms with Gasteiger partial charge in [0.05, 0.1) is 16.4 Å². The van der Waals surface area contributed by atoms with Crippen molar-refractivity contribution in [2.45, 2.75) is 46.1 Å². The number of nitrogens with zero attached hydrogens (tertiary/aromatic N) is 1. The van der Waals surface area contributed by atoms with Gasteiger partial charge in [0.2, 0.25) is 5.91 Å². The summed E-state index contributed by atoms with van der Waals surface area (Å²) in [5.74, 6) is 1.96. The van der Waals surface area contributed by atoms with Gasteiger partial charge >= 0.3 is 0 Å². The minimum absolute atomic E-state index is 0.0371. The molecule has 2 fully saturated rings. The molecular weight excluding hydrogens is 539 g/mol. The maximum atomic E-state index is 12.6. The highest BCUT2D eigenvalue weighted by atomic mass is 127. The zero-order valence-electron chi connectivity index (χ0n) is 18.4. The zero-order valence-corrected chi connectivity index (χ0v) is 21.3. The number of halogens is 2. The molecule has 0 bridgehead atoms. The first-order valence-electron chi connectivity index (χ1n) is 11.1. The second kappa shape index (κ2) is 10.00. The largest absolute Gasteiger partial charge is 0.490 e. The van der Waals surface area contributed by atoms with Crippen LogP contribution in [0.4, 0.5) is 0 Å². The molecule has 0 aromatic heterocycles. The van der Waals surface area contributed by atoms with Crippen molar-refractivity contribution in [2.24, 2.45) is 22.4 Å². The van der Waals surface area contributed by atoms with Crippen molar-refractivity contribution >= 4 is 46.3 Å². The highest BCUT2D eigenvalue weighted by Gasteiger charge is 2.64. The van der Waals surface area contributed by atoms with E-state index >= 15 is 0 Å². The van der Waals surface area contributed by atoms with E-state index in [1.165, 1.54) is 12.8 Å². The highest BCUT2D eigenvalue weighted by molar-refractivity contribution is 14.1. The van der Waals surface area contributed by atoms with E-state index in [9.17, 15) is 4.79 Å². The highest BCUT2D eigenvalue weighted by Crippen LogP contribution is 2.66. The number of hydrogen-bond donors (Lipinski definition) is 1. The molecule has 1 N–H and O–H groups in total. The van der Waals surface area contributed by atoms with Crippen LogP contribution in [-0.2, 0) is 11.4 Å². The molecule has 32 heavy (non-hydrogen) atoms. The lowest BCUT2D eigenvalue weighted by molar-refractivity contribution is -0.123. The Hall–Kier alpha value is -1.80. The first kappa shape index (κ1) is 23.4. The third kappa shape index (κ3) is 4.91. The summed E-state index contributed by atoms with van der Waals surface area (Å²) in [4.78, 5) is 12.6. The molecule has 2 aliphatic carbocycles. The molecule has 0 heterocycles. The lowest BCUT2D eigenvalue weighted by atomic mass is 9.90. The van der Waals surface area contributed by atoms with E-state index in [2.05, 4.69) is 40.0 Å². The van der Waals surface area contributed by atoms with E-state index in [1.807, 2.05) is 43.3 Å². The fourth-order valence-corrected chi connectivity index (χ4v) is 5.89. The van der Waals surface area contributed by atoms with Crippen LogP contribution in [0, 0.1) is 20.8 Å². The van der Waals surface area contributed by atoms with Crippen LogP contribution < -0.4 is 14.9 Å². The number of amides is 1. The number of ether oxygens (including phenoxy) is 2. The van der Waals surface area contributed by atoms with E-state index < -0.39 is 0 Å². The average molecular weight is 567 g/mol. The molecule has 170 valence electrons. The van der Waals surface area contributed by atoms with Gasteiger partial charge in [-0.25, -0.2) is 5.43 Å². The number of nitrogens with one attached hydrogen (secondary N) is 1. The molecule has 4 rings (SSSR count). The van der Waals surface area contributed by atoms with Crippen molar-refractivity contribution in [1.82, 2.24) is 5.43 Å². The normalized spacial score (nSPS) is 24.1. The monoisotopic (exact) mass is 566 g/mol. The molecule has 0 unspecified atom stereocenters. The Morgan fingerprint density at radius 3 is 2.84 bits per heavy atom. The van der Waals surface area contributed by atoms with Crippen LogP contribution in [0.1, 0.15) is 50.7 Å². The van der Waals surface area contributed by atoms with Crippen molar-refractivity contribution in [1.29, 1.82) is 0 Å². The van der Waals surface area contributed by atoms with E-state index in [0.717, 1.165) is 27.5 Å².